The molecule has 0 aliphatic carbocycles. The van der Waals surface area contributed by atoms with E-state index in [1.54, 1.807) is 28.8 Å². The van der Waals surface area contributed by atoms with E-state index in [1.165, 1.54) is 7.11 Å². The second-order valence-electron chi connectivity index (χ2n) is 5.53. The van der Waals surface area contributed by atoms with Gasteiger partial charge in [0.1, 0.15) is 0 Å². The van der Waals surface area contributed by atoms with E-state index in [2.05, 4.69) is 4.74 Å². The molecule has 128 valence electrons. The highest BCUT2D eigenvalue weighted by atomic mass is 32.2. The second-order valence-corrected chi connectivity index (χ2v) is 6.82. The fraction of sp³-hybridized carbons (Fsp3) is 0.412. The van der Waals surface area contributed by atoms with Crippen molar-refractivity contribution in [1.29, 1.82) is 0 Å². The van der Waals surface area contributed by atoms with Gasteiger partial charge in [-0.05, 0) is 30.2 Å². The standard InChI is InChI=1S/C17H19NO5S/c1-21-17(20)10-24-13-6-7-18(9-13)16(19)5-3-12-2-4-14-15(8-12)23-11-22-14/h2-5,8,13H,6-7,9-11H2,1H3/b5-3+/t13-/m0/s1. The Kier molecular flexibility index (Phi) is 5.30. The van der Waals surface area contributed by atoms with E-state index in [9.17, 15) is 9.59 Å². The van der Waals surface area contributed by atoms with Gasteiger partial charge in [-0.1, -0.05) is 6.07 Å². The molecule has 1 atom stereocenters. The van der Waals surface area contributed by atoms with E-state index < -0.39 is 0 Å². The highest BCUT2D eigenvalue weighted by Crippen LogP contribution is 2.32. The predicted molar refractivity (Wildman–Crippen MR) is 91.1 cm³/mol. The number of thioether (sulfide) groups is 1. The molecule has 0 saturated carbocycles. The molecule has 1 amide bonds. The Bertz CT molecular complexity index is 660. The van der Waals surface area contributed by atoms with Crippen molar-refractivity contribution in [2.75, 3.05) is 32.7 Å². The minimum atomic E-state index is -0.229. The third-order valence-corrected chi connectivity index (χ3v) is 5.19. The van der Waals surface area contributed by atoms with Crippen LogP contribution in [0.4, 0.5) is 0 Å². The van der Waals surface area contributed by atoms with Crippen molar-refractivity contribution < 1.29 is 23.8 Å². The highest BCUT2D eigenvalue weighted by molar-refractivity contribution is 8.00. The maximum Gasteiger partial charge on any atom is 0.315 e. The number of nitrogens with zero attached hydrogens (tertiary/aromatic N) is 1. The van der Waals surface area contributed by atoms with Crippen molar-refractivity contribution in [2.45, 2.75) is 11.7 Å². The van der Waals surface area contributed by atoms with Crippen molar-refractivity contribution in [3.05, 3.63) is 29.8 Å². The van der Waals surface area contributed by atoms with Crippen LogP contribution in [0, 0.1) is 0 Å². The molecule has 3 rings (SSSR count). The number of methoxy groups -OCH3 is 1. The first-order chi connectivity index (χ1) is 11.7. The number of hydrogen-bond donors (Lipinski definition) is 0. The van der Waals surface area contributed by atoms with Gasteiger partial charge in [-0.15, -0.1) is 11.8 Å². The zero-order valence-corrected chi connectivity index (χ0v) is 14.2. The summed E-state index contributed by atoms with van der Waals surface area (Å²) in [5.41, 5.74) is 0.892. The van der Waals surface area contributed by atoms with Crippen LogP contribution in [0.25, 0.3) is 6.08 Å². The minimum Gasteiger partial charge on any atom is -0.468 e. The summed E-state index contributed by atoms with van der Waals surface area (Å²) < 4.78 is 15.2. The van der Waals surface area contributed by atoms with Crippen LogP contribution < -0.4 is 9.47 Å². The molecule has 2 heterocycles. The molecule has 2 aliphatic heterocycles. The molecular weight excluding hydrogens is 330 g/mol. The number of benzene rings is 1. The van der Waals surface area contributed by atoms with Crippen molar-refractivity contribution >= 4 is 29.7 Å². The maximum atomic E-state index is 12.3. The molecule has 0 radical (unpaired) electrons. The van der Waals surface area contributed by atoms with Crippen molar-refractivity contribution in [1.82, 2.24) is 4.90 Å². The normalized spacial score (nSPS) is 19.0. The Morgan fingerprint density at radius 2 is 2.21 bits per heavy atom. The van der Waals surface area contributed by atoms with Crippen LogP contribution in [0.1, 0.15) is 12.0 Å². The number of hydrogen-bond acceptors (Lipinski definition) is 6. The summed E-state index contributed by atoms with van der Waals surface area (Å²) in [5, 5.41) is 0.284. The Morgan fingerprint density at radius 1 is 1.38 bits per heavy atom. The summed E-state index contributed by atoms with van der Waals surface area (Å²) in [6, 6.07) is 5.57. The molecule has 6 nitrogen and oxygen atoms in total. The van der Waals surface area contributed by atoms with Crippen molar-refractivity contribution in [3.63, 3.8) is 0 Å². The van der Waals surface area contributed by atoms with Gasteiger partial charge >= 0.3 is 5.97 Å². The predicted octanol–water partition coefficient (Wildman–Crippen LogP) is 1.94. The van der Waals surface area contributed by atoms with Crippen LogP contribution in [0.3, 0.4) is 0 Å². The smallest absolute Gasteiger partial charge is 0.315 e. The van der Waals surface area contributed by atoms with E-state index >= 15 is 0 Å². The first-order valence-electron chi connectivity index (χ1n) is 7.71. The highest BCUT2D eigenvalue weighted by Gasteiger charge is 2.26. The monoisotopic (exact) mass is 349 g/mol. The zero-order valence-electron chi connectivity index (χ0n) is 13.4. The van der Waals surface area contributed by atoms with Crippen LogP contribution in [-0.4, -0.2) is 54.8 Å². The van der Waals surface area contributed by atoms with Crippen LogP contribution in [-0.2, 0) is 14.3 Å². The SMILES string of the molecule is COC(=O)CS[C@H]1CCN(C(=O)/C=C/c2ccc3c(c2)OCO3)C1. The van der Waals surface area contributed by atoms with Crippen LogP contribution in [0.2, 0.25) is 0 Å². The van der Waals surface area contributed by atoms with Gasteiger partial charge in [0.25, 0.3) is 0 Å². The lowest BCUT2D eigenvalue weighted by molar-refractivity contribution is -0.137. The van der Waals surface area contributed by atoms with E-state index in [-0.39, 0.29) is 23.9 Å². The summed E-state index contributed by atoms with van der Waals surface area (Å²) >= 11 is 1.54. The van der Waals surface area contributed by atoms with Gasteiger partial charge in [0.05, 0.1) is 12.9 Å². The Morgan fingerprint density at radius 3 is 3.04 bits per heavy atom. The summed E-state index contributed by atoms with van der Waals surface area (Å²) in [6.45, 7) is 1.61. The van der Waals surface area contributed by atoms with Crippen molar-refractivity contribution in [2.24, 2.45) is 0 Å². The number of carbonyl (C=O) groups is 2. The molecule has 0 spiro atoms. The van der Waals surface area contributed by atoms with Gasteiger partial charge in [-0.3, -0.25) is 9.59 Å². The lowest BCUT2D eigenvalue weighted by Gasteiger charge is -2.14. The molecule has 1 saturated heterocycles. The Labute approximate surface area is 144 Å². The van der Waals surface area contributed by atoms with Gasteiger partial charge in [0, 0.05) is 24.4 Å². The number of carbonyl (C=O) groups excluding carboxylic acids is 2. The average Bonchev–Trinajstić information content (AvgIpc) is 3.26. The van der Waals surface area contributed by atoms with E-state index in [4.69, 9.17) is 9.47 Å². The molecular formula is C17H19NO5S. The molecule has 0 bridgehead atoms. The Balaban J connectivity index is 1.51. The molecule has 2 aliphatic rings. The second kappa shape index (κ2) is 7.61. The molecule has 7 heteroatoms. The topological polar surface area (TPSA) is 65.1 Å². The average molecular weight is 349 g/mol. The van der Waals surface area contributed by atoms with Gasteiger partial charge in [-0.25, -0.2) is 0 Å². The van der Waals surface area contributed by atoms with Gasteiger partial charge < -0.3 is 19.1 Å². The quantitative estimate of drug-likeness (QED) is 0.598. The summed E-state index contributed by atoms with van der Waals surface area (Å²) in [4.78, 5) is 25.2. The van der Waals surface area contributed by atoms with Crippen molar-refractivity contribution in [3.8, 4) is 11.5 Å². The fourth-order valence-corrected chi connectivity index (χ4v) is 3.65. The molecule has 0 aromatic heterocycles. The van der Waals surface area contributed by atoms with Crippen LogP contribution in [0.15, 0.2) is 24.3 Å². The summed E-state index contributed by atoms with van der Waals surface area (Å²) in [5.74, 6) is 1.51. The van der Waals surface area contributed by atoms with Gasteiger partial charge in [0.2, 0.25) is 12.7 Å². The first-order valence-corrected chi connectivity index (χ1v) is 8.75. The van der Waals surface area contributed by atoms with Crippen LogP contribution >= 0.6 is 11.8 Å². The molecule has 0 N–H and O–H groups in total. The number of likely N-dealkylation sites (tertiary alicyclic amines) is 1. The number of esters is 1. The summed E-state index contributed by atoms with van der Waals surface area (Å²) in [7, 11) is 1.38. The maximum absolute atomic E-state index is 12.3. The van der Waals surface area contributed by atoms with Crippen LogP contribution in [0.5, 0.6) is 11.5 Å². The third kappa shape index (κ3) is 4.03. The molecule has 1 fully saturated rings. The molecule has 24 heavy (non-hydrogen) atoms. The van der Waals surface area contributed by atoms with E-state index in [0.29, 0.717) is 24.6 Å². The van der Waals surface area contributed by atoms with E-state index in [1.807, 2.05) is 18.2 Å². The lowest BCUT2D eigenvalue weighted by Crippen LogP contribution is -2.27. The third-order valence-electron chi connectivity index (χ3n) is 3.94. The fourth-order valence-electron chi connectivity index (χ4n) is 2.60. The molecule has 1 aromatic carbocycles. The van der Waals surface area contributed by atoms with E-state index in [0.717, 1.165) is 17.7 Å². The largest absolute Gasteiger partial charge is 0.468 e. The molecule has 1 aromatic rings. The Hall–Kier alpha value is -2.15. The minimum absolute atomic E-state index is 0.0196. The number of amides is 1. The number of ether oxygens (including phenoxy) is 3. The van der Waals surface area contributed by atoms with Gasteiger partial charge in [0.15, 0.2) is 11.5 Å². The molecule has 0 unspecified atom stereocenters. The lowest BCUT2D eigenvalue weighted by atomic mass is 10.2. The van der Waals surface area contributed by atoms with Gasteiger partial charge in [-0.2, -0.15) is 0 Å². The number of rotatable bonds is 5. The number of fused-ring (bicyclic) bond motifs is 1. The first kappa shape index (κ1) is 16.7. The summed E-state index contributed by atoms with van der Waals surface area (Å²) in [6.07, 6.45) is 4.25. The zero-order chi connectivity index (χ0) is 16.9.